The van der Waals surface area contributed by atoms with Crippen LogP contribution in [-0.2, 0) is 11.3 Å². The van der Waals surface area contributed by atoms with Gasteiger partial charge in [0.1, 0.15) is 0 Å². The molecule has 0 unspecified atom stereocenters. The molecule has 3 heterocycles. The van der Waals surface area contributed by atoms with Crippen LogP contribution in [0.4, 0.5) is 0 Å². The van der Waals surface area contributed by atoms with E-state index in [1.54, 1.807) is 0 Å². The summed E-state index contributed by atoms with van der Waals surface area (Å²) < 4.78 is 6.28. The second-order valence-electron chi connectivity index (χ2n) is 8.12. The Kier molecular flexibility index (Phi) is 6.37. The lowest BCUT2D eigenvalue weighted by Gasteiger charge is -2.47. The molecule has 5 nitrogen and oxygen atoms in total. The molecule has 0 bridgehead atoms. The molecule has 28 heavy (non-hydrogen) atoms. The first kappa shape index (κ1) is 19.5. The van der Waals surface area contributed by atoms with E-state index >= 15 is 0 Å². The van der Waals surface area contributed by atoms with Gasteiger partial charge in [-0.05, 0) is 37.0 Å². The number of ether oxygens (including phenoxy) is 1. The molecule has 1 atom stereocenters. The second kappa shape index (κ2) is 9.14. The van der Waals surface area contributed by atoms with Gasteiger partial charge in [-0.25, -0.2) is 0 Å². The zero-order chi connectivity index (χ0) is 19.2. The molecule has 4 rings (SSSR count). The maximum atomic E-state index is 10.5. The van der Waals surface area contributed by atoms with Crippen molar-refractivity contribution in [1.82, 2.24) is 14.8 Å². The van der Waals surface area contributed by atoms with E-state index in [2.05, 4.69) is 26.9 Å². The standard InChI is InChI=1S/C23H31N3O2/c27-22(20-6-2-1-3-7-20)9-13-26-16-17-28-23(19-26)10-14-25(15-11-23)18-21-8-4-5-12-24-21/h1-8,12,22,27H,9-11,13-19H2/t22-/m1/s1. The molecule has 2 saturated heterocycles. The molecule has 1 aromatic carbocycles. The van der Waals surface area contributed by atoms with E-state index in [0.717, 1.165) is 76.4 Å². The van der Waals surface area contributed by atoms with Crippen LogP contribution in [0.5, 0.6) is 0 Å². The summed E-state index contributed by atoms with van der Waals surface area (Å²) in [6.45, 7) is 6.67. The number of benzene rings is 1. The van der Waals surface area contributed by atoms with Crippen molar-refractivity contribution in [1.29, 1.82) is 0 Å². The molecule has 1 aromatic heterocycles. The first-order valence-corrected chi connectivity index (χ1v) is 10.4. The Morgan fingerprint density at radius 2 is 1.79 bits per heavy atom. The van der Waals surface area contributed by atoms with Crippen molar-refractivity contribution in [3.05, 3.63) is 66.0 Å². The van der Waals surface area contributed by atoms with Crippen LogP contribution in [0.2, 0.25) is 0 Å². The van der Waals surface area contributed by atoms with Crippen LogP contribution in [0.25, 0.3) is 0 Å². The Balaban J connectivity index is 1.26. The third kappa shape index (κ3) is 4.97. The van der Waals surface area contributed by atoms with Crippen molar-refractivity contribution in [3.8, 4) is 0 Å². The maximum absolute atomic E-state index is 10.5. The van der Waals surface area contributed by atoms with Gasteiger partial charge in [0.15, 0.2) is 0 Å². The Bertz CT molecular complexity index is 717. The summed E-state index contributed by atoms with van der Waals surface area (Å²) in [5.74, 6) is 0. The summed E-state index contributed by atoms with van der Waals surface area (Å²) in [7, 11) is 0. The molecule has 2 aromatic rings. The fourth-order valence-corrected chi connectivity index (χ4v) is 4.40. The number of morpholine rings is 1. The van der Waals surface area contributed by atoms with Gasteiger partial charge in [0.05, 0.1) is 24.0 Å². The van der Waals surface area contributed by atoms with E-state index in [4.69, 9.17) is 4.74 Å². The lowest BCUT2D eigenvalue weighted by molar-refractivity contribution is -0.137. The number of rotatable bonds is 6. The van der Waals surface area contributed by atoms with E-state index in [-0.39, 0.29) is 11.7 Å². The summed E-state index contributed by atoms with van der Waals surface area (Å²) in [4.78, 5) is 9.41. The fraction of sp³-hybridized carbons (Fsp3) is 0.522. The highest BCUT2D eigenvalue weighted by molar-refractivity contribution is 5.17. The molecule has 2 aliphatic rings. The van der Waals surface area contributed by atoms with Crippen LogP contribution in [0.15, 0.2) is 54.7 Å². The van der Waals surface area contributed by atoms with Gasteiger partial charge in [0.25, 0.3) is 0 Å². The molecule has 5 heteroatoms. The molecule has 1 spiro atoms. The van der Waals surface area contributed by atoms with E-state index in [1.807, 2.05) is 42.6 Å². The Morgan fingerprint density at radius 1 is 1.00 bits per heavy atom. The molecule has 0 aliphatic carbocycles. The zero-order valence-corrected chi connectivity index (χ0v) is 16.5. The van der Waals surface area contributed by atoms with Crippen molar-refractivity contribution >= 4 is 0 Å². The summed E-state index contributed by atoms with van der Waals surface area (Å²) in [6.07, 6.45) is 4.38. The van der Waals surface area contributed by atoms with Gasteiger partial charge < -0.3 is 9.84 Å². The van der Waals surface area contributed by atoms with Gasteiger partial charge in [-0.1, -0.05) is 36.4 Å². The van der Waals surface area contributed by atoms with Gasteiger partial charge >= 0.3 is 0 Å². The predicted molar refractivity (Wildman–Crippen MR) is 110 cm³/mol. The number of piperidine rings is 1. The zero-order valence-electron chi connectivity index (χ0n) is 16.5. The molecule has 150 valence electrons. The van der Waals surface area contributed by atoms with Crippen molar-refractivity contribution in [3.63, 3.8) is 0 Å². The highest BCUT2D eigenvalue weighted by atomic mass is 16.5. The molecule has 1 N–H and O–H groups in total. The SMILES string of the molecule is O[C@H](CCN1CCOC2(CCN(Cc3ccccn3)CC2)C1)c1ccccc1. The molecule has 0 amide bonds. The average molecular weight is 382 g/mol. The van der Waals surface area contributed by atoms with Crippen LogP contribution in [0.3, 0.4) is 0 Å². The molecule has 2 fully saturated rings. The van der Waals surface area contributed by atoms with E-state index in [1.165, 1.54) is 0 Å². The summed E-state index contributed by atoms with van der Waals surface area (Å²) in [5.41, 5.74) is 2.13. The molecular weight excluding hydrogens is 350 g/mol. The normalized spacial score (nSPS) is 21.6. The number of hydrogen-bond acceptors (Lipinski definition) is 5. The van der Waals surface area contributed by atoms with Crippen molar-refractivity contribution in [2.75, 3.05) is 39.3 Å². The number of nitrogens with zero attached hydrogens (tertiary/aromatic N) is 3. The lowest BCUT2D eigenvalue weighted by atomic mass is 9.89. The minimum atomic E-state index is -0.389. The van der Waals surface area contributed by atoms with E-state index < -0.39 is 0 Å². The number of pyridine rings is 1. The first-order valence-electron chi connectivity index (χ1n) is 10.4. The van der Waals surface area contributed by atoms with Crippen molar-refractivity contribution < 1.29 is 9.84 Å². The third-order valence-corrected chi connectivity index (χ3v) is 6.11. The van der Waals surface area contributed by atoms with Crippen LogP contribution >= 0.6 is 0 Å². The Morgan fingerprint density at radius 3 is 2.54 bits per heavy atom. The number of hydrogen-bond donors (Lipinski definition) is 1. The predicted octanol–water partition coefficient (Wildman–Crippen LogP) is 2.87. The topological polar surface area (TPSA) is 48.8 Å². The van der Waals surface area contributed by atoms with Crippen molar-refractivity contribution in [2.24, 2.45) is 0 Å². The van der Waals surface area contributed by atoms with Gasteiger partial charge in [-0.2, -0.15) is 0 Å². The maximum Gasteiger partial charge on any atom is 0.0833 e. The minimum Gasteiger partial charge on any atom is -0.388 e. The van der Waals surface area contributed by atoms with Crippen LogP contribution in [0.1, 0.15) is 36.6 Å². The van der Waals surface area contributed by atoms with Crippen LogP contribution < -0.4 is 0 Å². The molecule has 2 aliphatic heterocycles. The highest BCUT2D eigenvalue weighted by Crippen LogP contribution is 2.31. The average Bonchev–Trinajstić information content (AvgIpc) is 2.75. The van der Waals surface area contributed by atoms with Crippen LogP contribution in [0, 0.1) is 0 Å². The number of likely N-dealkylation sites (tertiary alicyclic amines) is 1. The first-order chi connectivity index (χ1) is 13.7. The summed E-state index contributed by atoms with van der Waals surface area (Å²) in [5, 5.41) is 10.5. The monoisotopic (exact) mass is 381 g/mol. The summed E-state index contributed by atoms with van der Waals surface area (Å²) >= 11 is 0. The summed E-state index contributed by atoms with van der Waals surface area (Å²) in [6, 6.07) is 16.1. The van der Waals surface area contributed by atoms with E-state index in [0.29, 0.717) is 0 Å². The van der Waals surface area contributed by atoms with Gasteiger partial charge in [0.2, 0.25) is 0 Å². The highest BCUT2D eigenvalue weighted by Gasteiger charge is 2.39. The molecule has 0 saturated carbocycles. The van der Waals surface area contributed by atoms with Gasteiger partial charge in [-0.3, -0.25) is 14.8 Å². The largest absolute Gasteiger partial charge is 0.388 e. The lowest BCUT2D eigenvalue weighted by Crippen LogP contribution is -2.56. The third-order valence-electron chi connectivity index (χ3n) is 6.11. The molecular formula is C23H31N3O2. The molecule has 0 radical (unpaired) electrons. The van der Waals surface area contributed by atoms with Crippen LogP contribution in [-0.4, -0.2) is 64.8 Å². The Labute approximate surface area is 168 Å². The minimum absolute atomic E-state index is 0.0173. The van der Waals surface area contributed by atoms with Gasteiger partial charge in [-0.15, -0.1) is 0 Å². The van der Waals surface area contributed by atoms with Crippen molar-refractivity contribution in [2.45, 2.75) is 37.5 Å². The fourth-order valence-electron chi connectivity index (χ4n) is 4.40. The van der Waals surface area contributed by atoms with Gasteiger partial charge in [0, 0.05) is 45.5 Å². The number of aliphatic hydroxyl groups excluding tert-OH is 1. The quantitative estimate of drug-likeness (QED) is 0.834. The van der Waals surface area contributed by atoms with E-state index in [9.17, 15) is 5.11 Å². The number of aliphatic hydroxyl groups is 1. The second-order valence-corrected chi connectivity index (χ2v) is 8.12. The number of aromatic nitrogens is 1. The Hall–Kier alpha value is -1.79. The smallest absolute Gasteiger partial charge is 0.0833 e.